The molecule has 0 radical (unpaired) electrons. The van der Waals surface area contributed by atoms with E-state index in [1.165, 1.54) is 5.56 Å². The van der Waals surface area contributed by atoms with Crippen LogP contribution in [-0.4, -0.2) is 43.4 Å². The number of nitrogens with zero attached hydrogens (tertiary/aromatic N) is 1. The summed E-state index contributed by atoms with van der Waals surface area (Å²) in [6.45, 7) is 9.16. The van der Waals surface area contributed by atoms with Gasteiger partial charge in [0.2, 0.25) is 0 Å². The van der Waals surface area contributed by atoms with Gasteiger partial charge in [0.1, 0.15) is 0 Å². The number of benzene rings is 2. The number of carbonyl (C=O) groups is 1. The predicted molar refractivity (Wildman–Crippen MR) is 134 cm³/mol. The van der Waals surface area contributed by atoms with E-state index in [1.54, 1.807) is 17.0 Å². The summed E-state index contributed by atoms with van der Waals surface area (Å²) in [6.07, 6.45) is 1.21. The van der Waals surface area contributed by atoms with Gasteiger partial charge in [-0.3, -0.25) is 4.79 Å². The van der Waals surface area contributed by atoms with Gasteiger partial charge in [-0.15, -0.1) is 0 Å². The fourth-order valence-corrected chi connectivity index (χ4v) is 6.21. The van der Waals surface area contributed by atoms with E-state index in [0.29, 0.717) is 30.9 Å². The third kappa shape index (κ3) is 6.43. The van der Waals surface area contributed by atoms with E-state index in [4.69, 9.17) is 27.9 Å². The van der Waals surface area contributed by atoms with E-state index >= 15 is 0 Å². The van der Waals surface area contributed by atoms with Crippen molar-refractivity contribution in [2.45, 2.75) is 58.5 Å². The molecule has 0 spiro atoms. The maximum atomic E-state index is 13.6. The first-order chi connectivity index (χ1) is 15.4. The van der Waals surface area contributed by atoms with Crippen LogP contribution < -0.4 is 4.74 Å². The number of sulfone groups is 1. The van der Waals surface area contributed by atoms with Crippen molar-refractivity contribution in [3.05, 3.63) is 63.1 Å². The van der Waals surface area contributed by atoms with Gasteiger partial charge in [-0.25, -0.2) is 8.42 Å². The van der Waals surface area contributed by atoms with E-state index in [9.17, 15) is 13.2 Å². The van der Waals surface area contributed by atoms with Crippen LogP contribution in [0.1, 0.15) is 62.0 Å². The Labute approximate surface area is 206 Å². The van der Waals surface area contributed by atoms with E-state index in [2.05, 4.69) is 32.9 Å². The first-order valence-corrected chi connectivity index (χ1v) is 13.7. The monoisotopic (exact) mass is 511 g/mol. The van der Waals surface area contributed by atoms with E-state index in [0.717, 1.165) is 12.0 Å². The summed E-state index contributed by atoms with van der Waals surface area (Å²) in [6, 6.07) is 10.8. The van der Waals surface area contributed by atoms with E-state index < -0.39 is 15.9 Å². The molecule has 0 aliphatic carbocycles. The number of hydrogen-bond acceptors (Lipinski definition) is 4. The van der Waals surface area contributed by atoms with Gasteiger partial charge in [-0.2, -0.15) is 0 Å². The minimum absolute atomic E-state index is 0.0165. The average molecular weight is 512 g/mol. The van der Waals surface area contributed by atoms with Crippen LogP contribution in [0, 0.1) is 0 Å². The van der Waals surface area contributed by atoms with Crippen molar-refractivity contribution in [1.29, 1.82) is 0 Å². The lowest BCUT2D eigenvalue weighted by Gasteiger charge is -2.29. The maximum Gasteiger partial charge on any atom is 0.254 e. The number of rotatable bonds is 7. The van der Waals surface area contributed by atoms with Gasteiger partial charge in [0.25, 0.3) is 5.91 Å². The van der Waals surface area contributed by atoms with Crippen LogP contribution in [-0.2, 0) is 21.8 Å². The standard InChI is InChI=1S/C25H31Cl2NO4S/c1-5-11-32-23-21(26)13-18(14-22(23)27)24(29)28(20-10-12-33(30,31)16-20)15-17-6-8-19(9-7-17)25(2,3)4/h6-9,13-14,20H,5,10-12,15-16H2,1-4H3/t20-/m1/s1. The first kappa shape index (κ1) is 25.9. The number of carbonyl (C=O) groups excluding carboxylic acids is 1. The summed E-state index contributed by atoms with van der Waals surface area (Å²) >= 11 is 12.7. The van der Waals surface area contributed by atoms with Gasteiger partial charge < -0.3 is 9.64 Å². The lowest BCUT2D eigenvalue weighted by atomic mass is 9.86. The third-order valence-electron chi connectivity index (χ3n) is 5.78. The van der Waals surface area contributed by atoms with Gasteiger partial charge in [0.05, 0.1) is 28.2 Å². The number of halogens is 2. The van der Waals surface area contributed by atoms with Gasteiger partial charge >= 0.3 is 0 Å². The molecule has 1 amide bonds. The predicted octanol–water partition coefficient (Wildman–Crippen LogP) is 5.91. The molecular weight excluding hydrogens is 481 g/mol. The molecule has 1 aliphatic heterocycles. The Kier molecular flexibility index (Phi) is 8.03. The minimum Gasteiger partial charge on any atom is -0.490 e. The molecule has 1 aliphatic rings. The molecular formula is C25H31Cl2NO4S. The van der Waals surface area contributed by atoms with Crippen molar-refractivity contribution in [1.82, 2.24) is 4.90 Å². The summed E-state index contributed by atoms with van der Waals surface area (Å²) in [5.41, 5.74) is 2.45. The Morgan fingerprint density at radius 1 is 1.12 bits per heavy atom. The number of ether oxygens (including phenoxy) is 1. The maximum absolute atomic E-state index is 13.6. The topological polar surface area (TPSA) is 63.7 Å². The molecule has 5 nitrogen and oxygen atoms in total. The smallest absolute Gasteiger partial charge is 0.254 e. The van der Waals surface area contributed by atoms with E-state index in [1.807, 2.05) is 19.1 Å². The van der Waals surface area contributed by atoms with Crippen LogP contribution in [0.4, 0.5) is 0 Å². The quantitative estimate of drug-likeness (QED) is 0.463. The van der Waals surface area contributed by atoms with Crippen LogP contribution in [0.15, 0.2) is 36.4 Å². The molecule has 2 aromatic carbocycles. The summed E-state index contributed by atoms with van der Waals surface area (Å²) in [5, 5.41) is 0.514. The lowest BCUT2D eigenvalue weighted by molar-refractivity contribution is 0.0681. The zero-order valence-electron chi connectivity index (χ0n) is 19.5. The van der Waals surface area contributed by atoms with Gasteiger partial charge in [0, 0.05) is 18.2 Å². The largest absolute Gasteiger partial charge is 0.490 e. The number of amides is 1. The van der Waals surface area contributed by atoms with E-state index in [-0.39, 0.29) is 32.9 Å². The molecule has 3 rings (SSSR count). The summed E-state index contributed by atoms with van der Waals surface area (Å²) in [7, 11) is -3.17. The van der Waals surface area contributed by atoms with Crippen molar-refractivity contribution in [2.75, 3.05) is 18.1 Å². The fourth-order valence-electron chi connectivity index (χ4n) is 3.89. The summed E-state index contributed by atoms with van der Waals surface area (Å²) < 4.78 is 29.9. The Morgan fingerprint density at radius 3 is 2.21 bits per heavy atom. The Balaban J connectivity index is 1.92. The molecule has 0 N–H and O–H groups in total. The Bertz CT molecular complexity index is 1090. The molecule has 1 saturated heterocycles. The Morgan fingerprint density at radius 2 is 1.73 bits per heavy atom. The zero-order chi connectivity index (χ0) is 24.4. The normalized spacial score (nSPS) is 17.7. The van der Waals surface area contributed by atoms with Gasteiger partial charge in [-0.05, 0) is 41.5 Å². The highest BCUT2D eigenvalue weighted by Crippen LogP contribution is 2.35. The molecule has 0 saturated carbocycles. The summed E-state index contributed by atoms with van der Waals surface area (Å²) in [4.78, 5) is 15.2. The molecule has 0 bridgehead atoms. The molecule has 0 aromatic heterocycles. The van der Waals surface area contributed by atoms with Crippen molar-refractivity contribution in [2.24, 2.45) is 0 Å². The van der Waals surface area contributed by atoms with Crippen LogP contribution in [0.5, 0.6) is 5.75 Å². The Hall–Kier alpha value is -1.76. The second-order valence-electron chi connectivity index (χ2n) is 9.55. The molecule has 8 heteroatoms. The molecule has 33 heavy (non-hydrogen) atoms. The van der Waals surface area contributed by atoms with Crippen molar-refractivity contribution >= 4 is 38.9 Å². The zero-order valence-corrected chi connectivity index (χ0v) is 21.9. The second-order valence-corrected chi connectivity index (χ2v) is 12.6. The first-order valence-electron chi connectivity index (χ1n) is 11.1. The molecule has 180 valence electrons. The summed E-state index contributed by atoms with van der Waals surface area (Å²) in [5.74, 6) is 0.0839. The third-order valence-corrected chi connectivity index (χ3v) is 8.09. The molecule has 2 aromatic rings. The highest BCUT2D eigenvalue weighted by Gasteiger charge is 2.35. The molecule has 1 fully saturated rings. The SMILES string of the molecule is CCCOc1c(Cl)cc(C(=O)N(Cc2ccc(C(C)(C)C)cc2)[C@@H]2CCS(=O)(=O)C2)cc1Cl. The van der Waals surface area contributed by atoms with Gasteiger partial charge in [-0.1, -0.05) is 75.2 Å². The van der Waals surface area contributed by atoms with Gasteiger partial charge in [0.15, 0.2) is 15.6 Å². The highest BCUT2D eigenvalue weighted by molar-refractivity contribution is 7.91. The van der Waals surface area contributed by atoms with Crippen LogP contribution in [0.25, 0.3) is 0 Å². The minimum atomic E-state index is -3.17. The van der Waals surface area contributed by atoms with Crippen molar-refractivity contribution < 1.29 is 17.9 Å². The van der Waals surface area contributed by atoms with Crippen molar-refractivity contribution in [3.63, 3.8) is 0 Å². The van der Waals surface area contributed by atoms with Crippen LogP contribution in [0.3, 0.4) is 0 Å². The van der Waals surface area contributed by atoms with Crippen LogP contribution >= 0.6 is 23.2 Å². The van der Waals surface area contributed by atoms with Crippen LogP contribution in [0.2, 0.25) is 10.0 Å². The number of hydrogen-bond donors (Lipinski definition) is 0. The molecule has 0 unspecified atom stereocenters. The van der Waals surface area contributed by atoms with Crippen molar-refractivity contribution in [3.8, 4) is 5.75 Å². The lowest BCUT2D eigenvalue weighted by Crippen LogP contribution is -2.40. The molecule has 1 heterocycles. The highest BCUT2D eigenvalue weighted by atomic mass is 35.5. The molecule has 1 atom stereocenters. The average Bonchev–Trinajstić information content (AvgIpc) is 3.10. The fraction of sp³-hybridized carbons (Fsp3) is 0.480. The second kappa shape index (κ2) is 10.2.